The molecule has 7 heteroatoms. The van der Waals surface area contributed by atoms with Crippen molar-refractivity contribution in [1.29, 1.82) is 0 Å². The molecule has 0 aliphatic rings. The molecule has 1 aromatic carbocycles. The summed E-state index contributed by atoms with van der Waals surface area (Å²) in [6.45, 7) is 1.07. The van der Waals surface area contributed by atoms with Crippen molar-refractivity contribution < 1.29 is 22.7 Å². The molecule has 2 rings (SSSR count). The van der Waals surface area contributed by atoms with Crippen molar-refractivity contribution in [2.45, 2.75) is 13.1 Å². The van der Waals surface area contributed by atoms with Gasteiger partial charge in [0.05, 0.1) is 18.9 Å². The molecule has 4 nitrogen and oxygen atoms in total. The summed E-state index contributed by atoms with van der Waals surface area (Å²) in [7, 11) is 1.35. The molecule has 1 aromatic heterocycles. The molecule has 0 saturated carbocycles. The summed E-state index contributed by atoms with van der Waals surface area (Å²) in [5.74, 6) is -0.463. The molecule has 0 fully saturated rings. The van der Waals surface area contributed by atoms with E-state index in [0.29, 0.717) is 4.68 Å². The van der Waals surface area contributed by atoms with Crippen LogP contribution in [-0.2, 0) is 6.18 Å². The first-order valence-electron chi connectivity index (χ1n) is 5.65. The molecule has 0 atom stereocenters. The summed E-state index contributed by atoms with van der Waals surface area (Å²) in [4.78, 5) is 11.3. The number of hydrogen-bond donors (Lipinski definition) is 0. The minimum atomic E-state index is -4.70. The van der Waals surface area contributed by atoms with Gasteiger partial charge in [-0.15, -0.1) is 0 Å². The first-order valence-corrected chi connectivity index (χ1v) is 5.65. The Morgan fingerprint density at radius 2 is 1.95 bits per heavy atom. The van der Waals surface area contributed by atoms with Crippen LogP contribution in [0.2, 0.25) is 0 Å². The van der Waals surface area contributed by atoms with Gasteiger partial charge in [0.2, 0.25) is 0 Å². The molecule has 0 unspecified atom stereocenters. The molecule has 0 saturated heterocycles. The van der Waals surface area contributed by atoms with Gasteiger partial charge in [0, 0.05) is 0 Å². The number of benzene rings is 1. The third-order valence-corrected chi connectivity index (χ3v) is 2.73. The van der Waals surface area contributed by atoms with E-state index in [4.69, 9.17) is 4.74 Å². The van der Waals surface area contributed by atoms with Crippen LogP contribution in [0, 0.1) is 0 Å². The summed E-state index contributed by atoms with van der Waals surface area (Å²) in [5.41, 5.74) is -1.45. The van der Waals surface area contributed by atoms with Crippen molar-refractivity contribution in [2.75, 3.05) is 7.11 Å². The van der Waals surface area contributed by atoms with Crippen LogP contribution in [0.4, 0.5) is 13.2 Å². The molecular weight excluding hydrogens is 273 g/mol. The minimum Gasteiger partial charge on any atom is -0.494 e. The normalized spacial score (nSPS) is 11.4. The predicted octanol–water partition coefficient (Wildman–Crippen LogP) is 3.10. The first kappa shape index (κ1) is 14.1. The highest BCUT2D eigenvalue weighted by Crippen LogP contribution is 2.35. The third kappa shape index (κ3) is 2.38. The zero-order chi connectivity index (χ0) is 14.9. The van der Waals surface area contributed by atoms with Gasteiger partial charge in [0.25, 0.3) is 0 Å². The van der Waals surface area contributed by atoms with Crippen LogP contribution in [0.5, 0.6) is 5.75 Å². The maximum absolute atomic E-state index is 13.2. The van der Waals surface area contributed by atoms with Crippen LogP contribution in [0.25, 0.3) is 5.69 Å². The van der Waals surface area contributed by atoms with E-state index < -0.39 is 23.2 Å². The summed E-state index contributed by atoms with van der Waals surface area (Å²) in [5, 5.41) is 3.68. The van der Waals surface area contributed by atoms with Crippen molar-refractivity contribution in [1.82, 2.24) is 9.78 Å². The SMILES string of the molecule is COc1ccccc1-n1ncc(C(C)=O)c1C(F)(F)F. The topological polar surface area (TPSA) is 44.1 Å². The smallest absolute Gasteiger partial charge is 0.434 e. The Morgan fingerprint density at radius 3 is 2.50 bits per heavy atom. The number of Topliss-reactive ketones (excluding diaryl/α,β-unsaturated/α-hetero) is 1. The molecule has 0 bridgehead atoms. The number of rotatable bonds is 3. The van der Waals surface area contributed by atoms with Crippen molar-refractivity contribution in [3.8, 4) is 11.4 Å². The quantitative estimate of drug-likeness (QED) is 0.813. The number of ketones is 1. The standard InChI is InChI=1S/C13H11F3N2O2/c1-8(19)9-7-17-18(12(9)13(14,15)16)10-5-3-4-6-11(10)20-2/h3-7H,1-2H3. The highest BCUT2D eigenvalue weighted by molar-refractivity contribution is 5.95. The first-order chi connectivity index (χ1) is 9.36. The Hall–Kier alpha value is -2.31. The molecule has 0 spiro atoms. The van der Waals surface area contributed by atoms with Crippen LogP contribution in [0.3, 0.4) is 0 Å². The van der Waals surface area contributed by atoms with E-state index in [0.717, 1.165) is 13.1 Å². The van der Waals surface area contributed by atoms with Gasteiger partial charge in [-0.05, 0) is 19.1 Å². The number of carbonyl (C=O) groups is 1. The fourth-order valence-electron chi connectivity index (χ4n) is 1.87. The number of hydrogen-bond acceptors (Lipinski definition) is 3. The Bertz CT molecular complexity index is 647. The molecule has 0 amide bonds. The van der Waals surface area contributed by atoms with E-state index >= 15 is 0 Å². The lowest BCUT2D eigenvalue weighted by molar-refractivity contribution is -0.143. The second kappa shape index (κ2) is 4.99. The van der Waals surface area contributed by atoms with Gasteiger partial charge in [-0.3, -0.25) is 4.79 Å². The van der Waals surface area contributed by atoms with Crippen molar-refractivity contribution >= 4 is 5.78 Å². The molecule has 0 radical (unpaired) electrons. The molecule has 0 N–H and O–H groups in total. The van der Waals surface area contributed by atoms with Crippen LogP contribution in [-0.4, -0.2) is 22.7 Å². The number of halogens is 3. The molecule has 0 aliphatic carbocycles. The Kier molecular flexibility index (Phi) is 3.52. The van der Waals surface area contributed by atoms with Gasteiger partial charge in [-0.2, -0.15) is 18.3 Å². The average Bonchev–Trinajstić information content (AvgIpc) is 2.83. The predicted molar refractivity (Wildman–Crippen MR) is 65.1 cm³/mol. The van der Waals surface area contributed by atoms with E-state index in [1.165, 1.54) is 19.2 Å². The maximum atomic E-state index is 13.2. The molecule has 20 heavy (non-hydrogen) atoms. The van der Waals surface area contributed by atoms with E-state index in [1.54, 1.807) is 12.1 Å². The number of para-hydroxylation sites is 2. The Balaban J connectivity index is 2.72. The summed E-state index contributed by atoms with van der Waals surface area (Å²) in [6.07, 6.45) is -3.78. The number of alkyl halides is 3. The molecule has 2 aromatic rings. The van der Waals surface area contributed by atoms with Crippen LogP contribution in [0.15, 0.2) is 30.5 Å². The fraction of sp³-hybridized carbons (Fsp3) is 0.231. The summed E-state index contributed by atoms with van der Waals surface area (Å²) >= 11 is 0. The van der Waals surface area contributed by atoms with E-state index in [2.05, 4.69) is 5.10 Å². The highest BCUT2D eigenvalue weighted by atomic mass is 19.4. The van der Waals surface area contributed by atoms with E-state index in [1.807, 2.05) is 0 Å². The fourth-order valence-corrected chi connectivity index (χ4v) is 1.87. The Morgan fingerprint density at radius 1 is 1.30 bits per heavy atom. The second-order valence-corrected chi connectivity index (χ2v) is 4.04. The lowest BCUT2D eigenvalue weighted by Gasteiger charge is -2.14. The van der Waals surface area contributed by atoms with Crippen LogP contribution >= 0.6 is 0 Å². The summed E-state index contributed by atoms with van der Waals surface area (Å²) < 4.78 is 45.2. The van der Waals surface area contributed by atoms with Gasteiger partial charge >= 0.3 is 6.18 Å². The van der Waals surface area contributed by atoms with Crippen molar-refractivity contribution in [2.24, 2.45) is 0 Å². The van der Waals surface area contributed by atoms with Gasteiger partial charge in [0.1, 0.15) is 11.4 Å². The highest BCUT2D eigenvalue weighted by Gasteiger charge is 2.40. The minimum absolute atomic E-state index is 0.120. The Labute approximate surface area is 112 Å². The number of nitrogens with zero attached hydrogens (tertiary/aromatic N) is 2. The van der Waals surface area contributed by atoms with Gasteiger partial charge in [-0.25, -0.2) is 4.68 Å². The van der Waals surface area contributed by atoms with Crippen molar-refractivity contribution in [3.05, 3.63) is 41.7 Å². The zero-order valence-electron chi connectivity index (χ0n) is 10.7. The van der Waals surface area contributed by atoms with Gasteiger partial charge in [0.15, 0.2) is 11.5 Å². The molecule has 0 aliphatic heterocycles. The van der Waals surface area contributed by atoms with E-state index in [-0.39, 0.29) is 11.4 Å². The van der Waals surface area contributed by atoms with Crippen LogP contribution in [0.1, 0.15) is 23.0 Å². The maximum Gasteiger partial charge on any atom is 0.434 e. The molecule has 1 heterocycles. The number of methoxy groups -OCH3 is 1. The lowest BCUT2D eigenvalue weighted by atomic mass is 10.1. The third-order valence-electron chi connectivity index (χ3n) is 2.73. The summed E-state index contributed by atoms with van der Waals surface area (Å²) in [6, 6.07) is 6.15. The monoisotopic (exact) mass is 284 g/mol. The van der Waals surface area contributed by atoms with Crippen molar-refractivity contribution in [3.63, 3.8) is 0 Å². The number of carbonyl (C=O) groups excluding carboxylic acids is 1. The van der Waals surface area contributed by atoms with Gasteiger partial charge in [-0.1, -0.05) is 12.1 Å². The lowest BCUT2D eigenvalue weighted by Crippen LogP contribution is -2.17. The largest absolute Gasteiger partial charge is 0.494 e. The second-order valence-electron chi connectivity index (χ2n) is 4.04. The zero-order valence-corrected chi connectivity index (χ0v) is 10.7. The van der Waals surface area contributed by atoms with E-state index in [9.17, 15) is 18.0 Å². The van der Waals surface area contributed by atoms with Crippen LogP contribution < -0.4 is 4.74 Å². The molecule has 106 valence electrons. The number of aromatic nitrogens is 2. The number of ether oxygens (including phenoxy) is 1. The average molecular weight is 284 g/mol. The molecular formula is C13H11F3N2O2. The van der Waals surface area contributed by atoms with Gasteiger partial charge < -0.3 is 4.74 Å².